The van der Waals surface area contributed by atoms with Gasteiger partial charge < -0.3 is 4.42 Å². The van der Waals surface area contributed by atoms with E-state index in [4.69, 9.17) is 10.8 Å². The Kier molecular flexibility index (Phi) is 3.17. The van der Waals surface area contributed by atoms with Gasteiger partial charge in [0.15, 0.2) is 0 Å². The van der Waals surface area contributed by atoms with Crippen molar-refractivity contribution in [1.29, 1.82) is 0 Å². The summed E-state index contributed by atoms with van der Waals surface area (Å²) in [6, 6.07) is 7.30. The average molecular weight is 262 g/mol. The zero-order chi connectivity index (χ0) is 13.2. The van der Waals surface area contributed by atoms with Gasteiger partial charge in [0.05, 0.1) is 0 Å². The van der Waals surface area contributed by atoms with Gasteiger partial charge in [0.25, 0.3) is 0 Å². The molecule has 0 saturated carbocycles. The molecule has 0 N–H and O–H groups in total. The van der Waals surface area contributed by atoms with Crippen LogP contribution >= 0.6 is 0 Å². The number of aryl methyl sites for hydroxylation is 1. The molecule has 0 aliphatic rings. The molecule has 0 fully saturated rings. The van der Waals surface area contributed by atoms with Gasteiger partial charge in [-0.3, -0.25) is 0 Å². The maximum atomic E-state index is 11.6. The maximum absolute atomic E-state index is 11.6. The molecule has 92 valence electrons. The van der Waals surface area contributed by atoms with Crippen molar-refractivity contribution in [1.82, 2.24) is 10.2 Å². The van der Waals surface area contributed by atoms with E-state index >= 15 is 0 Å². The molecule has 0 spiro atoms. The summed E-state index contributed by atoms with van der Waals surface area (Å²) in [5.74, 6) is 1.75. The van der Waals surface area contributed by atoms with E-state index in [2.05, 4.69) is 10.2 Å². The number of rotatable bonds is 3. The fraction of sp³-hybridized carbons (Fsp3) is 0.167. The molecule has 6 heteroatoms. The normalized spacial score (nSPS) is 11.1. The summed E-state index contributed by atoms with van der Waals surface area (Å²) in [5, 5.41) is 6.76. The monoisotopic (exact) mass is 262 g/mol. The first-order chi connectivity index (χ1) is 8.53. The lowest BCUT2D eigenvalue weighted by Crippen LogP contribution is -2.05. The Bertz CT molecular complexity index is 694. The molecule has 0 radical (unpaired) electrons. The van der Waals surface area contributed by atoms with Crippen LogP contribution in [0.2, 0.25) is 0 Å². The van der Waals surface area contributed by atoms with E-state index in [1.165, 1.54) is 0 Å². The highest BCUT2D eigenvalue weighted by molar-refractivity contribution is 7.91. The summed E-state index contributed by atoms with van der Waals surface area (Å²) < 4.78 is 28.3. The predicted molar refractivity (Wildman–Crippen MR) is 65.4 cm³/mol. The molecule has 0 amide bonds. The van der Waals surface area contributed by atoms with Gasteiger partial charge in [-0.15, -0.1) is 11.5 Å². The third-order valence-corrected chi connectivity index (χ3v) is 3.49. The van der Waals surface area contributed by atoms with E-state index in [-0.39, 0.29) is 5.89 Å². The van der Waals surface area contributed by atoms with Crippen LogP contribution < -0.4 is 0 Å². The van der Waals surface area contributed by atoms with Gasteiger partial charge in [-0.25, -0.2) is 8.42 Å². The van der Waals surface area contributed by atoms with Crippen molar-refractivity contribution in [3.05, 3.63) is 29.8 Å². The van der Waals surface area contributed by atoms with Crippen LogP contribution in [0.25, 0.3) is 11.5 Å². The Morgan fingerprint density at radius 1 is 1.28 bits per heavy atom. The topological polar surface area (TPSA) is 73.1 Å². The minimum absolute atomic E-state index is 0.158. The Balaban J connectivity index is 2.37. The van der Waals surface area contributed by atoms with Gasteiger partial charge in [-0.05, 0) is 19.1 Å². The third kappa shape index (κ3) is 2.41. The largest absolute Gasteiger partial charge is 0.408 e. The smallest absolute Gasteiger partial charge is 0.336 e. The molecule has 0 aliphatic heterocycles. The van der Waals surface area contributed by atoms with E-state index in [0.717, 1.165) is 5.56 Å². The van der Waals surface area contributed by atoms with E-state index in [1.54, 1.807) is 12.1 Å². The van der Waals surface area contributed by atoms with Gasteiger partial charge in [0.1, 0.15) is 5.75 Å². The fourth-order valence-electron chi connectivity index (χ4n) is 1.32. The lowest BCUT2D eigenvalue weighted by molar-refractivity contribution is 0.441. The van der Waals surface area contributed by atoms with Crippen LogP contribution in [0.5, 0.6) is 0 Å². The minimum atomic E-state index is -3.68. The highest BCUT2D eigenvalue weighted by Crippen LogP contribution is 2.20. The van der Waals surface area contributed by atoms with Gasteiger partial charge in [-0.1, -0.05) is 28.7 Å². The van der Waals surface area contributed by atoms with Crippen molar-refractivity contribution in [2.45, 2.75) is 12.1 Å². The van der Waals surface area contributed by atoms with Gasteiger partial charge in [0.2, 0.25) is 15.7 Å². The molecule has 0 saturated heterocycles. The minimum Gasteiger partial charge on any atom is -0.408 e. The van der Waals surface area contributed by atoms with Crippen molar-refractivity contribution in [2.75, 3.05) is 5.75 Å². The first-order valence-electron chi connectivity index (χ1n) is 5.10. The SMILES string of the molecule is C#CCS(=O)(=O)c1nnc(-c2ccc(C)cc2)o1. The molecule has 0 aliphatic carbocycles. The predicted octanol–water partition coefficient (Wildman–Crippen LogP) is 1.45. The molecule has 0 atom stereocenters. The van der Waals surface area contributed by atoms with Crippen LogP contribution in [0.3, 0.4) is 0 Å². The lowest BCUT2D eigenvalue weighted by atomic mass is 10.1. The van der Waals surface area contributed by atoms with Crippen LogP contribution in [0.15, 0.2) is 33.9 Å². The van der Waals surface area contributed by atoms with E-state index in [0.29, 0.717) is 5.56 Å². The molecular formula is C12H10N2O3S. The molecular weight excluding hydrogens is 252 g/mol. The summed E-state index contributed by atoms with van der Waals surface area (Å²) in [5.41, 5.74) is 1.74. The number of nitrogens with zero attached hydrogens (tertiary/aromatic N) is 2. The van der Waals surface area contributed by atoms with E-state index in [1.807, 2.05) is 25.0 Å². The Morgan fingerprint density at radius 3 is 2.56 bits per heavy atom. The number of hydrogen-bond acceptors (Lipinski definition) is 5. The third-order valence-electron chi connectivity index (χ3n) is 2.24. The highest BCUT2D eigenvalue weighted by Gasteiger charge is 2.21. The number of benzene rings is 1. The quantitative estimate of drug-likeness (QED) is 0.783. The van der Waals surface area contributed by atoms with Gasteiger partial charge in [0, 0.05) is 5.56 Å². The Hall–Kier alpha value is -2.13. The van der Waals surface area contributed by atoms with E-state index in [9.17, 15) is 8.42 Å². The van der Waals surface area contributed by atoms with E-state index < -0.39 is 20.8 Å². The Labute approximate surface area is 105 Å². The molecule has 0 bridgehead atoms. The van der Waals surface area contributed by atoms with Gasteiger partial charge >= 0.3 is 5.22 Å². The average Bonchev–Trinajstić information content (AvgIpc) is 2.80. The second-order valence-electron chi connectivity index (χ2n) is 3.70. The zero-order valence-electron chi connectivity index (χ0n) is 9.62. The summed E-state index contributed by atoms with van der Waals surface area (Å²) in [6.45, 7) is 1.94. The fourth-order valence-corrected chi connectivity index (χ4v) is 2.03. The van der Waals surface area contributed by atoms with Crippen LogP contribution in [0, 0.1) is 19.3 Å². The number of terminal acetylenes is 1. The molecule has 18 heavy (non-hydrogen) atoms. The summed E-state index contributed by atoms with van der Waals surface area (Å²) >= 11 is 0. The molecule has 0 unspecified atom stereocenters. The van der Waals surface area contributed by atoms with Crippen LogP contribution in [0.1, 0.15) is 5.56 Å². The van der Waals surface area contributed by atoms with Crippen LogP contribution in [-0.2, 0) is 9.84 Å². The first-order valence-corrected chi connectivity index (χ1v) is 6.75. The molecule has 5 nitrogen and oxygen atoms in total. The van der Waals surface area contributed by atoms with Gasteiger partial charge in [-0.2, -0.15) is 0 Å². The summed E-state index contributed by atoms with van der Waals surface area (Å²) in [4.78, 5) is 0. The molecule has 2 aromatic rings. The number of aromatic nitrogens is 2. The second-order valence-corrected chi connectivity index (χ2v) is 5.57. The summed E-state index contributed by atoms with van der Waals surface area (Å²) in [7, 11) is -3.68. The first kappa shape index (κ1) is 12.3. The maximum Gasteiger partial charge on any atom is 0.336 e. The van der Waals surface area contributed by atoms with Crippen LogP contribution in [-0.4, -0.2) is 24.4 Å². The lowest BCUT2D eigenvalue weighted by Gasteiger charge is -1.95. The highest BCUT2D eigenvalue weighted by atomic mass is 32.2. The second kappa shape index (κ2) is 4.63. The van der Waals surface area contributed by atoms with Crippen molar-refractivity contribution in [3.63, 3.8) is 0 Å². The van der Waals surface area contributed by atoms with Crippen molar-refractivity contribution < 1.29 is 12.8 Å². The standard InChI is InChI=1S/C12H10N2O3S/c1-3-8-18(15,16)12-14-13-11(17-12)10-6-4-9(2)5-7-10/h1,4-7H,8H2,2H3. The molecule has 1 heterocycles. The number of sulfone groups is 1. The molecule has 2 rings (SSSR count). The summed E-state index contributed by atoms with van der Waals surface area (Å²) in [6.07, 6.45) is 4.97. The Morgan fingerprint density at radius 2 is 1.94 bits per heavy atom. The van der Waals surface area contributed by atoms with Crippen LogP contribution in [0.4, 0.5) is 0 Å². The molecule has 1 aromatic heterocycles. The zero-order valence-corrected chi connectivity index (χ0v) is 10.4. The number of hydrogen-bond donors (Lipinski definition) is 0. The van der Waals surface area contributed by atoms with Crippen molar-refractivity contribution >= 4 is 9.84 Å². The van der Waals surface area contributed by atoms with Crippen molar-refractivity contribution in [3.8, 4) is 23.8 Å². The van der Waals surface area contributed by atoms with Crippen molar-refractivity contribution in [2.24, 2.45) is 0 Å². The molecule has 1 aromatic carbocycles.